The molecule has 0 radical (unpaired) electrons. The number of ether oxygens (including phenoxy) is 1. The van der Waals surface area contributed by atoms with Crippen molar-refractivity contribution in [2.75, 3.05) is 12.3 Å². The lowest BCUT2D eigenvalue weighted by Crippen LogP contribution is -2.09. The van der Waals surface area contributed by atoms with Crippen LogP contribution in [0.5, 0.6) is 0 Å². The Labute approximate surface area is 122 Å². The largest absolute Gasteiger partial charge is 0.462 e. The van der Waals surface area contributed by atoms with Gasteiger partial charge in [-0.15, -0.1) is 0 Å². The van der Waals surface area contributed by atoms with Gasteiger partial charge in [-0.3, -0.25) is 0 Å². The van der Waals surface area contributed by atoms with E-state index in [1.165, 1.54) is 19.3 Å². The first kappa shape index (κ1) is 16.5. The Hall–Kier alpha value is -1.51. The van der Waals surface area contributed by atoms with Crippen LogP contribution < -0.4 is 5.73 Å². The molecule has 0 saturated heterocycles. The van der Waals surface area contributed by atoms with Crippen LogP contribution in [0.2, 0.25) is 0 Å². The lowest BCUT2D eigenvalue weighted by molar-refractivity contribution is 0.0483. The minimum atomic E-state index is -0.264. The smallest absolute Gasteiger partial charge is 0.338 e. The van der Waals surface area contributed by atoms with Gasteiger partial charge in [0.1, 0.15) is 0 Å². The van der Waals surface area contributed by atoms with Gasteiger partial charge >= 0.3 is 5.97 Å². The van der Waals surface area contributed by atoms with Crippen LogP contribution in [-0.2, 0) is 4.74 Å². The number of anilines is 1. The van der Waals surface area contributed by atoms with Gasteiger partial charge < -0.3 is 10.5 Å². The molecule has 3 heteroatoms. The second kappa shape index (κ2) is 8.62. The molecular weight excluding hydrogens is 250 g/mol. The maximum Gasteiger partial charge on any atom is 0.338 e. The molecule has 0 aliphatic rings. The molecule has 112 valence electrons. The Morgan fingerprint density at radius 1 is 1.10 bits per heavy atom. The van der Waals surface area contributed by atoms with Crippen LogP contribution in [0.3, 0.4) is 0 Å². The van der Waals surface area contributed by atoms with Crippen LogP contribution in [0.25, 0.3) is 0 Å². The van der Waals surface area contributed by atoms with Crippen molar-refractivity contribution in [3.63, 3.8) is 0 Å². The minimum Gasteiger partial charge on any atom is -0.462 e. The minimum absolute atomic E-state index is 0.264. The molecule has 1 atom stereocenters. The van der Waals surface area contributed by atoms with Crippen molar-refractivity contribution >= 4 is 11.7 Å². The molecule has 0 aromatic heterocycles. The van der Waals surface area contributed by atoms with Gasteiger partial charge in [0.25, 0.3) is 0 Å². The number of hydrogen-bond acceptors (Lipinski definition) is 3. The summed E-state index contributed by atoms with van der Waals surface area (Å²) in [6.07, 6.45) is 4.66. The number of carbonyl (C=O) groups is 1. The summed E-state index contributed by atoms with van der Waals surface area (Å²) in [6, 6.07) is 6.82. The summed E-state index contributed by atoms with van der Waals surface area (Å²) in [5.41, 5.74) is 6.80. The first-order valence-electron chi connectivity index (χ1n) is 7.51. The molecule has 0 bridgehead atoms. The molecule has 0 spiro atoms. The monoisotopic (exact) mass is 277 g/mol. The highest BCUT2D eigenvalue weighted by Gasteiger charge is 2.08. The van der Waals surface area contributed by atoms with Crippen molar-refractivity contribution in [3.05, 3.63) is 29.8 Å². The maximum atomic E-state index is 11.8. The molecule has 0 unspecified atom stereocenters. The molecule has 20 heavy (non-hydrogen) atoms. The number of rotatable bonds is 8. The Kier molecular flexibility index (Phi) is 7.13. The van der Waals surface area contributed by atoms with Gasteiger partial charge in [-0.2, -0.15) is 0 Å². The lowest BCUT2D eigenvalue weighted by atomic mass is 9.98. The summed E-state index contributed by atoms with van der Waals surface area (Å²) in [4.78, 5) is 11.8. The molecule has 0 saturated carbocycles. The zero-order valence-corrected chi connectivity index (χ0v) is 12.9. The van der Waals surface area contributed by atoms with Crippen molar-refractivity contribution in [3.8, 4) is 0 Å². The van der Waals surface area contributed by atoms with Crippen LogP contribution in [0.4, 0.5) is 5.69 Å². The molecule has 2 N–H and O–H groups in total. The van der Waals surface area contributed by atoms with Crippen LogP contribution >= 0.6 is 0 Å². The maximum absolute atomic E-state index is 11.8. The predicted molar refractivity (Wildman–Crippen MR) is 83.6 cm³/mol. The number of carbonyl (C=O) groups excluding carboxylic acids is 1. The molecule has 1 rings (SSSR count). The van der Waals surface area contributed by atoms with Crippen LogP contribution in [0.1, 0.15) is 56.8 Å². The molecule has 0 aliphatic heterocycles. The standard InChI is InChI=1S/C17H27NO2/c1-13(2)5-4-6-14(3)11-12-20-17(19)15-7-9-16(18)10-8-15/h7-10,13-14H,4-6,11-12,18H2,1-3H3/t14-/m0/s1. The number of nitrogen functional groups attached to an aromatic ring is 1. The van der Waals surface area contributed by atoms with E-state index in [1.807, 2.05) is 0 Å². The third-order valence-corrected chi connectivity index (χ3v) is 3.47. The second-order valence-corrected chi connectivity index (χ2v) is 5.98. The zero-order chi connectivity index (χ0) is 15.0. The molecule has 1 aromatic carbocycles. The van der Waals surface area contributed by atoms with Crippen LogP contribution in [-0.4, -0.2) is 12.6 Å². The van der Waals surface area contributed by atoms with Crippen molar-refractivity contribution in [1.29, 1.82) is 0 Å². The van der Waals surface area contributed by atoms with E-state index in [0.29, 0.717) is 23.8 Å². The topological polar surface area (TPSA) is 52.3 Å². The van der Waals surface area contributed by atoms with Gasteiger partial charge in [0.2, 0.25) is 0 Å². The molecule has 0 heterocycles. The number of benzene rings is 1. The van der Waals surface area contributed by atoms with Crippen LogP contribution in [0.15, 0.2) is 24.3 Å². The summed E-state index contributed by atoms with van der Waals surface area (Å²) in [5, 5.41) is 0. The van der Waals surface area contributed by atoms with E-state index < -0.39 is 0 Å². The SMILES string of the molecule is CC(C)CCC[C@H](C)CCOC(=O)c1ccc(N)cc1. The summed E-state index contributed by atoms with van der Waals surface area (Å²) in [6.45, 7) is 7.21. The molecule has 0 fully saturated rings. The molecule has 3 nitrogen and oxygen atoms in total. The van der Waals surface area contributed by atoms with E-state index >= 15 is 0 Å². The van der Waals surface area contributed by atoms with Gasteiger partial charge in [0.15, 0.2) is 0 Å². The number of esters is 1. The van der Waals surface area contributed by atoms with E-state index in [0.717, 1.165) is 12.3 Å². The molecular formula is C17H27NO2. The lowest BCUT2D eigenvalue weighted by Gasteiger charge is -2.12. The molecule has 0 aliphatic carbocycles. The fraction of sp³-hybridized carbons (Fsp3) is 0.588. The fourth-order valence-electron chi connectivity index (χ4n) is 2.07. The van der Waals surface area contributed by atoms with E-state index in [9.17, 15) is 4.79 Å². The highest BCUT2D eigenvalue weighted by Crippen LogP contribution is 2.15. The molecule has 1 aromatic rings. The number of hydrogen-bond donors (Lipinski definition) is 1. The normalized spacial score (nSPS) is 12.4. The van der Waals surface area contributed by atoms with Gasteiger partial charge in [-0.1, -0.05) is 40.0 Å². The van der Waals surface area contributed by atoms with E-state index in [2.05, 4.69) is 20.8 Å². The van der Waals surface area contributed by atoms with Crippen molar-refractivity contribution in [2.24, 2.45) is 11.8 Å². The van der Waals surface area contributed by atoms with Gasteiger partial charge in [0, 0.05) is 5.69 Å². The summed E-state index contributed by atoms with van der Waals surface area (Å²) < 4.78 is 5.29. The Bertz CT molecular complexity index is 398. The number of nitrogens with two attached hydrogens (primary N) is 1. The molecule has 0 amide bonds. The van der Waals surface area contributed by atoms with Gasteiger partial charge in [-0.05, 0) is 42.5 Å². The quantitative estimate of drug-likeness (QED) is 0.570. The first-order chi connectivity index (χ1) is 9.49. The van der Waals surface area contributed by atoms with E-state index in [-0.39, 0.29) is 5.97 Å². The predicted octanol–water partition coefficient (Wildman–Crippen LogP) is 4.28. The zero-order valence-electron chi connectivity index (χ0n) is 12.9. The third kappa shape index (κ3) is 6.60. The average molecular weight is 277 g/mol. The van der Waals surface area contributed by atoms with Crippen LogP contribution in [0, 0.1) is 11.8 Å². The van der Waals surface area contributed by atoms with E-state index in [1.54, 1.807) is 24.3 Å². The van der Waals surface area contributed by atoms with E-state index in [4.69, 9.17) is 10.5 Å². The summed E-state index contributed by atoms with van der Waals surface area (Å²) >= 11 is 0. The van der Waals surface area contributed by atoms with Gasteiger partial charge in [0.05, 0.1) is 12.2 Å². The second-order valence-electron chi connectivity index (χ2n) is 5.98. The highest BCUT2D eigenvalue weighted by molar-refractivity contribution is 5.89. The van der Waals surface area contributed by atoms with Gasteiger partial charge in [-0.25, -0.2) is 4.79 Å². The Morgan fingerprint density at radius 2 is 1.75 bits per heavy atom. The summed E-state index contributed by atoms with van der Waals surface area (Å²) in [5.74, 6) is 1.11. The average Bonchev–Trinajstić information content (AvgIpc) is 2.39. The van der Waals surface area contributed by atoms with Crippen molar-refractivity contribution in [1.82, 2.24) is 0 Å². The summed E-state index contributed by atoms with van der Waals surface area (Å²) in [7, 11) is 0. The Morgan fingerprint density at radius 3 is 2.35 bits per heavy atom. The Balaban J connectivity index is 2.20. The van der Waals surface area contributed by atoms with Crippen molar-refractivity contribution < 1.29 is 9.53 Å². The van der Waals surface area contributed by atoms with Crippen molar-refractivity contribution in [2.45, 2.75) is 46.5 Å². The highest BCUT2D eigenvalue weighted by atomic mass is 16.5. The fourth-order valence-corrected chi connectivity index (χ4v) is 2.07. The third-order valence-electron chi connectivity index (χ3n) is 3.47. The first-order valence-corrected chi connectivity index (χ1v) is 7.51.